The van der Waals surface area contributed by atoms with Crippen LogP contribution in [0.15, 0.2) is 328 Å². The summed E-state index contributed by atoms with van der Waals surface area (Å²) in [6.45, 7) is 28.8. The van der Waals surface area contributed by atoms with Crippen molar-refractivity contribution in [2.45, 2.75) is 116 Å². The molecule has 33 rings (SSSR count). The average Bonchev–Trinajstić information content (AvgIpc) is 1.63. The molecule has 0 amide bonds. The fraction of sp³-hybridized carbons (Fsp3) is 0.133. The minimum Gasteiger partial charge on any atom is -0.192 e. The summed E-state index contributed by atoms with van der Waals surface area (Å²) >= 11 is 0. The molecule has 6 heteroatoms. The summed E-state index contributed by atoms with van der Waals surface area (Å²) in [7, 11) is 0. The summed E-state index contributed by atoms with van der Waals surface area (Å²) in [5.74, 6) is 0. The van der Waals surface area contributed by atoms with Gasteiger partial charge in [0.15, 0.2) is 0 Å². The average molecular weight is 1790 g/mol. The zero-order valence-electron chi connectivity index (χ0n) is 80.8. The van der Waals surface area contributed by atoms with E-state index in [-0.39, 0.29) is 52.6 Å². The fourth-order valence-corrected chi connectivity index (χ4v) is 31.1. The predicted octanol–water partition coefficient (Wildman–Crippen LogP) is 26.9. The highest BCUT2D eigenvalue weighted by atomic mass is 14.5. The van der Waals surface area contributed by atoms with E-state index in [2.05, 4.69) is 429 Å². The van der Waals surface area contributed by atoms with Crippen LogP contribution in [0.25, 0.3) is 198 Å². The SMILES string of the molecule is CC1(C)c2ccccc2-c2c1cc1c3c(cccc23)B2c3c-1cc(C#N)cc3-c1cc3c(c4cccc2c14)-c1ccccc1C3(C)C.CC1(C)c2ccccc2-c2cc3c4c(cccc4c21)-c1cc(C#N)cc2c1B3c1cc3c(c4cccc-2c14)C(C)(C)c1ccccc1-3.CC1(C)c2ccccc2-c2cc3c4c(cccc4c21)B1c2c-3cc(C#N)cc2-c2cc3c(c4cccc1c24)C(C)(C)c1ccccc1-3. The standard InChI is InChI=1S/3C45H30BN/c1-44(2)35-17-7-5-11-25(35)31-21-37-39-27(13-9-15-29(39)41(31)44)33-19-24(23-47)20-34-28-14-10-16-30-40(28)38(46(37)43(33)34)22-32-26-12-6-8-18-36(26)45(3,4)42(30)32;1-44(2)35-15-7-5-11-25(35)31-21-29-33-19-24(23-47)20-34-30-22-32-26-12-6-8-16-36(26)45(3,4)42(32)28-14-10-18-38(40(28)30)46(43(33)34)37-17-9-13-27(39(29)37)41(31)44;1-44(2)33-15-7-5-11-25(33)39-27-13-9-17-37-41(27)29(21-35(39)44)31-19-24(23-47)20-32-30-22-36-40(26-12-6-8-16-34(26)45(36,3)4)28-14-10-18-38(42(28)30)46(37)43(31)32/h3*5-22H,1-4H3. The van der Waals surface area contributed by atoms with Gasteiger partial charge in [0.2, 0.25) is 20.1 Å². The van der Waals surface area contributed by atoms with E-state index in [0.29, 0.717) is 0 Å². The Kier molecular flexibility index (Phi) is 15.0. The molecule has 0 bridgehead atoms. The summed E-state index contributed by atoms with van der Waals surface area (Å²) in [5, 5.41) is 47.4. The lowest BCUT2D eigenvalue weighted by Crippen LogP contribution is -2.57. The third-order valence-electron chi connectivity index (χ3n) is 36.7. The van der Waals surface area contributed by atoms with Crippen molar-refractivity contribution < 1.29 is 0 Å². The number of benzene rings is 21. The summed E-state index contributed by atoms with van der Waals surface area (Å²) < 4.78 is 0. The van der Waals surface area contributed by atoms with Crippen molar-refractivity contribution in [1.29, 1.82) is 15.8 Å². The first-order valence-electron chi connectivity index (χ1n) is 50.4. The number of hydrogen-bond acceptors (Lipinski definition) is 3. The van der Waals surface area contributed by atoms with Gasteiger partial charge in [-0.3, -0.25) is 0 Å². The van der Waals surface area contributed by atoms with Gasteiger partial charge in [-0.05, 0) is 326 Å². The van der Waals surface area contributed by atoms with Gasteiger partial charge in [-0.15, -0.1) is 0 Å². The predicted molar refractivity (Wildman–Crippen MR) is 590 cm³/mol. The molecule has 0 atom stereocenters. The van der Waals surface area contributed by atoms with E-state index in [1.807, 2.05) is 0 Å². The van der Waals surface area contributed by atoms with Crippen LogP contribution in [0.2, 0.25) is 0 Å². The topological polar surface area (TPSA) is 71.4 Å². The van der Waals surface area contributed by atoms with Gasteiger partial charge in [-0.1, -0.05) is 399 Å². The van der Waals surface area contributed by atoms with Crippen LogP contribution in [0.1, 0.15) is 167 Å². The maximum absolute atomic E-state index is 10.5. The molecule has 3 nitrogen and oxygen atoms in total. The highest BCUT2D eigenvalue weighted by Crippen LogP contribution is 2.63. The highest BCUT2D eigenvalue weighted by Gasteiger charge is 2.52. The van der Waals surface area contributed by atoms with E-state index >= 15 is 0 Å². The van der Waals surface area contributed by atoms with E-state index in [1.54, 1.807) is 0 Å². The minimum absolute atomic E-state index is 0.0601. The van der Waals surface area contributed by atoms with Gasteiger partial charge in [0.1, 0.15) is 0 Å². The Hall–Kier alpha value is -16.2. The number of nitrogens with zero attached hydrogens (tertiary/aromatic N) is 3. The molecule has 0 spiro atoms. The Morgan fingerprint density at radius 3 is 0.688 bits per heavy atom. The van der Waals surface area contributed by atoms with Gasteiger partial charge in [0.05, 0.1) is 34.9 Å². The van der Waals surface area contributed by atoms with Gasteiger partial charge < -0.3 is 0 Å². The molecule has 12 aliphatic rings. The van der Waals surface area contributed by atoms with Crippen LogP contribution < -0.4 is 49.2 Å². The molecule has 6 heterocycles. The maximum Gasteiger partial charge on any atom is 0.244 e. The van der Waals surface area contributed by atoms with E-state index in [1.165, 1.54) is 314 Å². The molecule has 21 aromatic carbocycles. The molecule has 21 aromatic rings. The molecule has 0 unspecified atom stereocenters. The lowest BCUT2D eigenvalue weighted by atomic mass is 9.30. The largest absolute Gasteiger partial charge is 0.244 e. The summed E-state index contributed by atoms with van der Waals surface area (Å²) in [4.78, 5) is 0. The Morgan fingerprint density at radius 1 is 0.170 bits per heavy atom. The van der Waals surface area contributed by atoms with Gasteiger partial charge in [-0.2, -0.15) is 15.8 Å². The second-order valence-electron chi connectivity index (χ2n) is 45.3. The summed E-state index contributed by atoms with van der Waals surface area (Å²) in [5.41, 5.74) is 61.7. The lowest BCUT2D eigenvalue weighted by Gasteiger charge is -2.36. The molecular weight excluding hydrogens is 1700 g/mol. The van der Waals surface area contributed by atoms with E-state index in [0.717, 1.165) is 16.7 Å². The first kappa shape index (κ1) is 79.9. The molecule has 0 N–H and O–H groups in total. The Balaban J connectivity index is 0.0000000972. The number of hydrogen-bond donors (Lipinski definition) is 0. The van der Waals surface area contributed by atoms with Gasteiger partial charge in [-0.25, -0.2) is 0 Å². The van der Waals surface area contributed by atoms with E-state index < -0.39 is 0 Å². The van der Waals surface area contributed by atoms with Crippen molar-refractivity contribution in [3.8, 4) is 152 Å². The van der Waals surface area contributed by atoms with Crippen LogP contribution in [0.4, 0.5) is 0 Å². The third-order valence-corrected chi connectivity index (χ3v) is 36.7. The zero-order valence-corrected chi connectivity index (χ0v) is 80.8. The molecule has 6 aliphatic heterocycles. The van der Waals surface area contributed by atoms with E-state index in [9.17, 15) is 15.8 Å². The molecule has 0 aromatic heterocycles. The van der Waals surface area contributed by atoms with Gasteiger partial charge in [0, 0.05) is 32.5 Å². The second kappa shape index (κ2) is 26.4. The van der Waals surface area contributed by atoms with Crippen molar-refractivity contribution in [1.82, 2.24) is 0 Å². The van der Waals surface area contributed by atoms with Crippen molar-refractivity contribution in [3.05, 3.63) is 411 Å². The fourth-order valence-electron chi connectivity index (χ4n) is 31.1. The first-order valence-corrected chi connectivity index (χ1v) is 50.4. The second-order valence-corrected chi connectivity index (χ2v) is 45.3. The van der Waals surface area contributed by atoms with Crippen molar-refractivity contribution in [3.63, 3.8) is 0 Å². The number of nitriles is 3. The van der Waals surface area contributed by atoms with Gasteiger partial charge >= 0.3 is 0 Å². The van der Waals surface area contributed by atoms with Crippen LogP contribution in [-0.4, -0.2) is 20.1 Å². The monoisotopic (exact) mass is 1790 g/mol. The van der Waals surface area contributed by atoms with Crippen molar-refractivity contribution in [2.24, 2.45) is 0 Å². The Morgan fingerprint density at radius 2 is 0.390 bits per heavy atom. The molecule has 6 aliphatic carbocycles. The zero-order chi connectivity index (χ0) is 94.7. The molecular formula is C135H90B3N3. The molecule has 0 saturated heterocycles. The van der Waals surface area contributed by atoms with Crippen molar-refractivity contribution in [2.75, 3.05) is 0 Å². The Bertz CT molecular complexity index is 9360. The minimum atomic E-state index is -0.115. The van der Waals surface area contributed by atoms with Gasteiger partial charge in [0.25, 0.3) is 0 Å². The highest BCUT2D eigenvalue weighted by molar-refractivity contribution is 7.03. The number of rotatable bonds is 0. The molecule has 141 heavy (non-hydrogen) atoms. The molecule has 654 valence electrons. The molecule has 0 fully saturated rings. The quantitative estimate of drug-likeness (QED) is 0.142. The normalized spacial score (nSPS) is 15.9. The van der Waals surface area contributed by atoms with Crippen molar-refractivity contribution >= 4 is 134 Å². The van der Waals surface area contributed by atoms with Crippen LogP contribution in [0.3, 0.4) is 0 Å². The lowest BCUT2D eigenvalue weighted by molar-refractivity contribution is 0.661. The van der Waals surface area contributed by atoms with Crippen LogP contribution in [-0.2, 0) is 32.5 Å². The summed E-state index contributed by atoms with van der Waals surface area (Å²) in [6.07, 6.45) is 0. The molecule has 0 radical (unpaired) electrons. The summed E-state index contributed by atoms with van der Waals surface area (Å²) in [6, 6.07) is 131. The third kappa shape index (κ3) is 9.50. The molecule has 0 saturated carbocycles. The van der Waals surface area contributed by atoms with Crippen LogP contribution >= 0.6 is 0 Å². The smallest absolute Gasteiger partial charge is 0.192 e. The number of fused-ring (bicyclic) bond motifs is 36. The maximum atomic E-state index is 10.5. The van der Waals surface area contributed by atoms with Crippen LogP contribution in [0, 0.1) is 34.0 Å². The Labute approximate surface area is 822 Å². The first-order chi connectivity index (χ1) is 68.4. The van der Waals surface area contributed by atoms with E-state index in [4.69, 9.17) is 0 Å². The van der Waals surface area contributed by atoms with Crippen LogP contribution in [0.5, 0.6) is 0 Å².